The van der Waals surface area contributed by atoms with E-state index in [1.54, 1.807) is 19.2 Å². The number of hydrogen-bond acceptors (Lipinski definition) is 5. The number of carbonyl (C=O) groups is 1. The lowest BCUT2D eigenvalue weighted by molar-refractivity contribution is 0.0526. The smallest absolute Gasteiger partial charge is 0.345 e. The number of benzene rings is 2. The number of hydrogen-bond donors (Lipinski definition) is 1. The minimum atomic E-state index is -0.667. The van der Waals surface area contributed by atoms with Crippen molar-refractivity contribution in [1.29, 1.82) is 0 Å². The molecule has 4 aromatic rings. The van der Waals surface area contributed by atoms with E-state index in [4.69, 9.17) is 4.74 Å². The first-order chi connectivity index (χ1) is 14.2. The van der Waals surface area contributed by atoms with Crippen LogP contribution in [-0.2, 0) is 4.74 Å². The van der Waals surface area contributed by atoms with Crippen LogP contribution in [-0.4, -0.2) is 22.1 Å². The third-order valence-corrected chi connectivity index (χ3v) is 4.50. The highest BCUT2D eigenvalue weighted by Gasteiger charge is 2.24. The molecule has 0 spiro atoms. The summed E-state index contributed by atoms with van der Waals surface area (Å²) in [5.74, 6) is -0.328. The Morgan fingerprint density at radius 1 is 1.03 bits per heavy atom. The van der Waals surface area contributed by atoms with E-state index in [1.165, 1.54) is 6.20 Å². The van der Waals surface area contributed by atoms with Gasteiger partial charge in [-0.1, -0.05) is 36.4 Å². The third kappa shape index (κ3) is 3.48. The maximum Gasteiger partial charge on any atom is 0.345 e. The maximum absolute atomic E-state index is 13.3. The van der Waals surface area contributed by atoms with Crippen LogP contribution in [0, 0.1) is 0 Å². The van der Waals surface area contributed by atoms with Crippen LogP contribution in [0.4, 0.5) is 11.5 Å². The third-order valence-electron chi connectivity index (χ3n) is 4.50. The molecule has 0 atom stereocenters. The van der Waals surface area contributed by atoms with Crippen molar-refractivity contribution < 1.29 is 9.53 Å². The minimum absolute atomic E-state index is 0.0433. The summed E-state index contributed by atoms with van der Waals surface area (Å²) in [6.45, 7) is 1.88. The number of para-hydroxylation sites is 2. The topological polar surface area (TPSA) is 73.2 Å². The van der Waals surface area contributed by atoms with Crippen LogP contribution in [0.3, 0.4) is 0 Å². The largest absolute Gasteiger partial charge is 0.462 e. The number of nitrogens with zero attached hydrogens (tertiary/aromatic N) is 2. The van der Waals surface area contributed by atoms with E-state index in [1.807, 2.05) is 65.2 Å². The number of ether oxygens (including phenoxy) is 1. The van der Waals surface area contributed by atoms with E-state index in [2.05, 4.69) is 10.3 Å². The summed E-state index contributed by atoms with van der Waals surface area (Å²) in [7, 11) is 0. The van der Waals surface area contributed by atoms with Gasteiger partial charge in [-0.3, -0.25) is 14.3 Å². The lowest BCUT2D eigenvalue weighted by Gasteiger charge is -2.21. The quantitative estimate of drug-likeness (QED) is 0.519. The van der Waals surface area contributed by atoms with E-state index in [9.17, 15) is 9.59 Å². The van der Waals surface area contributed by atoms with Crippen LogP contribution >= 0.6 is 0 Å². The molecule has 2 heterocycles. The predicted molar refractivity (Wildman–Crippen MR) is 113 cm³/mol. The summed E-state index contributed by atoms with van der Waals surface area (Å²) < 4.78 is 7.04. The van der Waals surface area contributed by atoms with E-state index in [0.717, 1.165) is 11.4 Å². The fraction of sp³-hybridized carbons (Fsp3) is 0.0870. The van der Waals surface area contributed by atoms with E-state index in [-0.39, 0.29) is 12.2 Å². The molecule has 0 aliphatic heterocycles. The summed E-state index contributed by atoms with van der Waals surface area (Å²) in [5.41, 5.74) is 1.68. The molecule has 1 N–H and O–H groups in total. The summed E-state index contributed by atoms with van der Waals surface area (Å²) in [6, 6.07) is 20.5. The second-order valence-corrected chi connectivity index (χ2v) is 6.33. The van der Waals surface area contributed by atoms with Gasteiger partial charge in [-0.05, 0) is 37.3 Å². The molecule has 2 aromatic heterocycles. The fourth-order valence-corrected chi connectivity index (χ4v) is 3.25. The Morgan fingerprint density at radius 3 is 2.41 bits per heavy atom. The number of fused-ring (bicyclic) bond motifs is 1. The van der Waals surface area contributed by atoms with Gasteiger partial charge in [-0.2, -0.15) is 0 Å². The van der Waals surface area contributed by atoms with Crippen molar-refractivity contribution in [1.82, 2.24) is 9.55 Å². The molecule has 0 amide bonds. The van der Waals surface area contributed by atoms with Gasteiger partial charge < -0.3 is 10.1 Å². The highest BCUT2D eigenvalue weighted by molar-refractivity contribution is 6.00. The zero-order valence-corrected chi connectivity index (χ0v) is 15.8. The van der Waals surface area contributed by atoms with Crippen LogP contribution in [0.25, 0.3) is 16.6 Å². The standard InChI is InChI=1S/C23H19N3O3/c1-2-29-23(28)20-21(27)18-13-14-24-15-19(18)26(17-11-7-4-8-12-17)22(20)25-16-9-5-3-6-10-16/h3-15,25H,2H2,1H3. The van der Waals surface area contributed by atoms with E-state index < -0.39 is 11.4 Å². The SMILES string of the molecule is CCOC(=O)c1c(Nc2ccccc2)n(-c2ccccc2)c2cnccc2c1=O. The molecule has 0 aliphatic carbocycles. The Bertz CT molecular complexity index is 1220. The van der Waals surface area contributed by atoms with Crippen molar-refractivity contribution in [3.8, 4) is 5.69 Å². The average molecular weight is 385 g/mol. The number of pyridine rings is 2. The van der Waals surface area contributed by atoms with Gasteiger partial charge in [0.1, 0.15) is 11.4 Å². The van der Waals surface area contributed by atoms with Crippen LogP contribution < -0.4 is 10.7 Å². The molecule has 6 heteroatoms. The Balaban J connectivity index is 2.11. The van der Waals surface area contributed by atoms with Crippen molar-refractivity contribution in [3.63, 3.8) is 0 Å². The first kappa shape index (κ1) is 18.4. The van der Waals surface area contributed by atoms with Gasteiger partial charge >= 0.3 is 5.97 Å². The number of rotatable bonds is 5. The number of aromatic nitrogens is 2. The van der Waals surface area contributed by atoms with E-state index in [0.29, 0.717) is 16.7 Å². The number of esters is 1. The summed E-state index contributed by atoms with van der Waals surface area (Å²) in [5, 5.41) is 3.64. The van der Waals surface area contributed by atoms with Gasteiger partial charge in [-0.15, -0.1) is 0 Å². The first-order valence-electron chi connectivity index (χ1n) is 9.28. The second kappa shape index (κ2) is 7.98. The molecule has 0 aliphatic rings. The highest BCUT2D eigenvalue weighted by Crippen LogP contribution is 2.28. The van der Waals surface area contributed by atoms with Gasteiger partial charge in [0.15, 0.2) is 0 Å². The van der Waals surface area contributed by atoms with Crippen LogP contribution in [0.1, 0.15) is 17.3 Å². The molecule has 144 valence electrons. The van der Waals surface area contributed by atoms with E-state index >= 15 is 0 Å². The number of anilines is 2. The molecule has 4 rings (SSSR count). The van der Waals surface area contributed by atoms with Crippen LogP contribution in [0.2, 0.25) is 0 Å². The molecule has 0 saturated heterocycles. The highest BCUT2D eigenvalue weighted by atomic mass is 16.5. The predicted octanol–water partition coefficient (Wildman–Crippen LogP) is 4.31. The summed E-state index contributed by atoms with van der Waals surface area (Å²) in [6.07, 6.45) is 3.16. The Kier molecular flexibility index (Phi) is 5.07. The molecule has 2 aromatic carbocycles. The zero-order valence-electron chi connectivity index (χ0n) is 15.8. The fourth-order valence-electron chi connectivity index (χ4n) is 3.25. The van der Waals surface area contributed by atoms with Gasteiger partial charge in [0.25, 0.3) is 0 Å². The molecular formula is C23H19N3O3. The van der Waals surface area contributed by atoms with Gasteiger partial charge in [0.05, 0.1) is 23.7 Å². The first-order valence-corrected chi connectivity index (χ1v) is 9.28. The van der Waals surface area contributed by atoms with Crippen molar-refractivity contribution in [2.75, 3.05) is 11.9 Å². The van der Waals surface area contributed by atoms with Gasteiger partial charge in [-0.25, -0.2) is 4.79 Å². The van der Waals surface area contributed by atoms with Crippen molar-refractivity contribution in [2.24, 2.45) is 0 Å². The molecule has 29 heavy (non-hydrogen) atoms. The Hall–Kier alpha value is -3.93. The number of carbonyl (C=O) groups excluding carboxylic acids is 1. The molecule has 0 radical (unpaired) electrons. The Labute approximate surface area is 167 Å². The second-order valence-electron chi connectivity index (χ2n) is 6.33. The molecule has 0 fully saturated rings. The molecule has 0 unspecified atom stereocenters. The summed E-state index contributed by atoms with van der Waals surface area (Å²) >= 11 is 0. The van der Waals surface area contributed by atoms with Crippen molar-refractivity contribution in [2.45, 2.75) is 6.92 Å². The zero-order chi connectivity index (χ0) is 20.2. The van der Waals surface area contributed by atoms with Crippen molar-refractivity contribution in [3.05, 3.63) is 94.9 Å². The van der Waals surface area contributed by atoms with Crippen LogP contribution in [0.15, 0.2) is 83.9 Å². The average Bonchev–Trinajstić information content (AvgIpc) is 2.76. The monoisotopic (exact) mass is 385 g/mol. The van der Waals surface area contributed by atoms with Crippen LogP contribution in [0.5, 0.6) is 0 Å². The van der Waals surface area contributed by atoms with Gasteiger partial charge in [0.2, 0.25) is 5.43 Å². The molecular weight excluding hydrogens is 366 g/mol. The number of nitrogens with one attached hydrogen (secondary N) is 1. The lowest BCUT2D eigenvalue weighted by Crippen LogP contribution is -2.24. The molecule has 0 saturated carbocycles. The summed E-state index contributed by atoms with van der Waals surface area (Å²) in [4.78, 5) is 30.3. The maximum atomic E-state index is 13.3. The molecule has 6 nitrogen and oxygen atoms in total. The van der Waals surface area contributed by atoms with Crippen molar-refractivity contribution >= 4 is 28.4 Å². The normalized spacial score (nSPS) is 10.7. The minimum Gasteiger partial charge on any atom is -0.462 e. The lowest BCUT2D eigenvalue weighted by atomic mass is 10.1. The van der Waals surface area contributed by atoms with Gasteiger partial charge in [0, 0.05) is 17.6 Å². The molecule has 0 bridgehead atoms. The Morgan fingerprint density at radius 2 is 1.72 bits per heavy atom.